The summed E-state index contributed by atoms with van der Waals surface area (Å²) < 4.78 is 5.92. The molecule has 0 rings (SSSR count). The minimum atomic E-state index is -0.787. The first-order valence-electron chi connectivity index (χ1n) is 25.6. The van der Waals surface area contributed by atoms with Crippen LogP contribution in [0, 0.1) is 0 Å². The van der Waals surface area contributed by atoms with Gasteiger partial charge in [-0.1, -0.05) is 225 Å². The molecule has 0 saturated carbocycles. The molecular formula is C52H99NO5. The maximum Gasteiger partial charge on any atom is 0.306 e. The average molecular weight is 818 g/mol. The molecule has 0 bridgehead atoms. The van der Waals surface area contributed by atoms with E-state index in [2.05, 4.69) is 50.4 Å². The predicted molar refractivity (Wildman–Crippen MR) is 250 cm³/mol. The van der Waals surface area contributed by atoms with Crippen LogP contribution in [0.4, 0.5) is 0 Å². The van der Waals surface area contributed by atoms with Crippen molar-refractivity contribution < 1.29 is 24.5 Å². The lowest BCUT2D eigenvalue weighted by Crippen LogP contribution is -2.46. The van der Waals surface area contributed by atoms with E-state index in [1.807, 2.05) is 0 Å². The highest BCUT2D eigenvalue weighted by Crippen LogP contribution is 2.18. The molecule has 3 unspecified atom stereocenters. The van der Waals surface area contributed by atoms with E-state index >= 15 is 0 Å². The lowest BCUT2D eigenvalue weighted by molar-refractivity contribution is -0.151. The summed E-state index contributed by atoms with van der Waals surface area (Å²) in [4.78, 5) is 26.1. The van der Waals surface area contributed by atoms with Crippen LogP contribution < -0.4 is 5.32 Å². The minimum Gasteiger partial charge on any atom is -0.462 e. The Hall–Kier alpha value is -1.66. The minimum absolute atomic E-state index is 0.0732. The first-order chi connectivity index (χ1) is 28.5. The highest BCUT2D eigenvalue weighted by atomic mass is 16.5. The molecule has 0 aliphatic heterocycles. The van der Waals surface area contributed by atoms with Gasteiger partial charge in [-0.05, 0) is 57.8 Å². The van der Waals surface area contributed by atoms with Crippen molar-refractivity contribution in [3.05, 3.63) is 24.3 Å². The van der Waals surface area contributed by atoms with Gasteiger partial charge in [-0.3, -0.25) is 9.59 Å². The largest absolute Gasteiger partial charge is 0.462 e. The molecule has 0 aliphatic rings. The third-order valence-electron chi connectivity index (χ3n) is 11.8. The number of nitrogens with one attached hydrogen (secondary N) is 1. The topological polar surface area (TPSA) is 95.9 Å². The number of amides is 1. The zero-order chi connectivity index (χ0) is 42.4. The van der Waals surface area contributed by atoms with Crippen molar-refractivity contribution in [2.45, 2.75) is 289 Å². The van der Waals surface area contributed by atoms with Gasteiger partial charge in [-0.15, -0.1) is 0 Å². The number of aliphatic hydroxyl groups excluding tert-OH is 2. The molecule has 6 heteroatoms. The molecule has 0 radical (unpaired) electrons. The smallest absolute Gasteiger partial charge is 0.306 e. The van der Waals surface area contributed by atoms with Crippen molar-refractivity contribution in [3.63, 3.8) is 0 Å². The highest BCUT2D eigenvalue weighted by molar-refractivity contribution is 5.77. The van der Waals surface area contributed by atoms with Gasteiger partial charge in [-0.25, -0.2) is 0 Å². The zero-order valence-electron chi connectivity index (χ0n) is 38.9. The van der Waals surface area contributed by atoms with Gasteiger partial charge in [0.2, 0.25) is 5.91 Å². The number of carbonyl (C=O) groups is 2. The van der Waals surface area contributed by atoms with Crippen LogP contribution in [0.2, 0.25) is 0 Å². The third kappa shape index (κ3) is 41.1. The van der Waals surface area contributed by atoms with Gasteiger partial charge in [-0.2, -0.15) is 0 Å². The van der Waals surface area contributed by atoms with Crippen LogP contribution in [0.1, 0.15) is 271 Å². The number of ether oxygens (including phenoxy) is 1. The summed E-state index contributed by atoms with van der Waals surface area (Å²) in [7, 11) is 0. The molecule has 0 aromatic heterocycles. The number of hydrogen-bond acceptors (Lipinski definition) is 5. The lowest BCUT2D eigenvalue weighted by Gasteiger charge is -2.24. The van der Waals surface area contributed by atoms with E-state index < -0.39 is 18.2 Å². The molecule has 0 aromatic carbocycles. The number of esters is 1. The van der Waals surface area contributed by atoms with E-state index in [1.54, 1.807) is 0 Å². The fraction of sp³-hybridized carbons (Fsp3) is 0.885. The van der Waals surface area contributed by atoms with Crippen molar-refractivity contribution >= 4 is 11.9 Å². The second kappa shape index (κ2) is 46.4. The Morgan fingerprint density at radius 1 is 0.500 bits per heavy atom. The molecule has 342 valence electrons. The Morgan fingerprint density at radius 2 is 0.879 bits per heavy atom. The summed E-state index contributed by atoms with van der Waals surface area (Å²) in [6, 6.07) is -0.701. The van der Waals surface area contributed by atoms with Gasteiger partial charge in [0.25, 0.3) is 0 Å². The Morgan fingerprint density at radius 3 is 1.34 bits per heavy atom. The Bertz CT molecular complexity index is 919. The molecule has 0 fully saturated rings. The molecule has 0 saturated heterocycles. The van der Waals surface area contributed by atoms with E-state index in [1.165, 1.54) is 161 Å². The summed E-state index contributed by atoms with van der Waals surface area (Å²) in [5, 5.41) is 23.7. The molecule has 6 nitrogen and oxygen atoms in total. The van der Waals surface area contributed by atoms with Gasteiger partial charge in [0.05, 0.1) is 25.2 Å². The summed E-state index contributed by atoms with van der Waals surface area (Å²) in [5.41, 5.74) is 0. The van der Waals surface area contributed by atoms with Crippen molar-refractivity contribution in [1.82, 2.24) is 5.32 Å². The number of unbranched alkanes of at least 4 members (excludes halogenated alkanes) is 30. The van der Waals surface area contributed by atoms with Crippen molar-refractivity contribution in [3.8, 4) is 0 Å². The monoisotopic (exact) mass is 818 g/mol. The van der Waals surface area contributed by atoms with Crippen LogP contribution in [0.25, 0.3) is 0 Å². The summed E-state index contributed by atoms with van der Waals surface area (Å²) in [6.07, 6.45) is 52.3. The van der Waals surface area contributed by atoms with Gasteiger partial charge in [0.1, 0.15) is 6.10 Å². The Balaban J connectivity index is 4.57. The summed E-state index contributed by atoms with van der Waals surface area (Å²) in [5.74, 6) is -0.476. The van der Waals surface area contributed by atoms with Gasteiger partial charge < -0.3 is 20.3 Å². The van der Waals surface area contributed by atoms with Crippen LogP contribution in [-0.4, -0.2) is 46.9 Å². The Kier molecular flexibility index (Phi) is 45.1. The molecule has 3 N–H and O–H groups in total. The third-order valence-corrected chi connectivity index (χ3v) is 11.8. The fourth-order valence-electron chi connectivity index (χ4n) is 7.87. The zero-order valence-corrected chi connectivity index (χ0v) is 38.9. The number of rotatable bonds is 46. The summed E-state index contributed by atoms with van der Waals surface area (Å²) >= 11 is 0. The first-order valence-corrected chi connectivity index (χ1v) is 25.6. The van der Waals surface area contributed by atoms with E-state index in [0.717, 1.165) is 64.2 Å². The van der Waals surface area contributed by atoms with Crippen molar-refractivity contribution in [2.75, 3.05) is 6.61 Å². The van der Waals surface area contributed by atoms with E-state index in [4.69, 9.17) is 4.74 Å². The summed E-state index contributed by atoms with van der Waals surface area (Å²) in [6.45, 7) is 6.46. The quantitative estimate of drug-likeness (QED) is 0.0323. The molecule has 58 heavy (non-hydrogen) atoms. The molecule has 0 aliphatic carbocycles. The van der Waals surface area contributed by atoms with Gasteiger partial charge in [0.15, 0.2) is 0 Å². The maximum atomic E-state index is 13.2. The van der Waals surface area contributed by atoms with E-state index in [9.17, 15) is 19.8 Å². The number of carbonyl (C=O) groups excluding carboxylic acids is 2. The number of hydrogen-bond donors (Lipinski definition) is 3. The number of allylic oxidation sites excluding steroid dienone is 4. The van der Waals surface area contributed by atoms with Gasteiger partial charge >= 0.3 is 5.97 Å². The average Bonchev–Trinajstić information content (AvgIpc) is 3.22. The molecule has 0 heterocycles. The Labute approximate surface area is 361 Å². The SMILES string of the molecule is CCCCC/C=C\C/C=C\CCCCCCCC(CC(=O)NC(CO)C(O)CCCCCCCCCCCCCCC)OC(=O)CCCCCCCCCCCCC. The fourth-order valence-corrected chi connectivity index (χ4v) is 7.87. The normalized spacial score (nSPS) is 13.4. The second-order valence-corrected chi connectivity index (χ2v) is 17.6. The van der Waals surface area contributed by atoms with Crippen molar-refractivity contribution in [2.24, 2.45) is 0 Å². The first kappa shape index (κ1) is 56.3. The standard InChI is InChI=1S/C52H99NO5/c1-4-7-10-13-16-19-22-24-25-27-29-31-34-37-40-43-48(58-52(57)45-42-39-36-33-28-21-18-15-12-9-6-3)46-51(56)53-49(47-54)50(55)44-41-38-35-32-30-26-23-20-17-14-11-8-5-2/h16,19,24-25,48-50,54-55H,4-15,17-18,20-23,26-47H2,1-3H3,(H,53,56)/b19-16-,25-24-. The maximum absolute atomic E-state index is 13.2. The van der Waals surface area contributed by atoms with E-state index in [0.29, 0.717) is 19.3 Å². The predicted octanol–water partition coefficient (Wildman–Crippen LogP) is 15.1. The van der Waals surface area contributed by atoms with Crippen molar-refractivity contribution in [1.29, 1.82) is 0 Å². The molecule has 1 amide bonds. The highest BCUT2D eigenvalue weighted by Gasteiger charge is 2.24. The molecule has 0 aromatic rings. The lowest BCUT2D eigenvalue weighted by atomic mass is 10.0. The molecular weight excluding hydrogens is 719 g/mol. The molecule has 3 atom stereocenters. The van der Waals surface area contributed by atoms with Crippen LogP contribution >= 0.6 is 0 Å². The second-order valence-electron chi connectivity index (χ2n) is 17.6. The molecule has 0 spiro atoms. The van der Waals surface area contributed by atoms with Crippen LogP contribution in [0.5, 0.6) is 0 Å². The van der Waals surface area contributed by atoms with E-state index in [-0.39, 0.29) is 24.9 Å². The van der Waals surface area contributed by atoms with Crippen LogP contribution in [0.15, 0.2) is 24.3 Å². The van der Waals surface area contributed by atoms with Crippen LogP contribution in [0.3, 0.4) is 0 Å². The van der Waals surface area contributed by atoms with Crippen LogP contribution in [-0.2, 0) is 14.3 Å². The number of aliphatic hydroxyl groups is 2. The van der Waals surface area contributed by atoms with Gasteiger partial charge in [0, 0.05) is 6.42 Å².